The summed E-state index contributed by atoms with van der Waals surface area (Å²) in [6.07, 6.45) is 2.19. The molecule has 20 heavy (non-hydrogen) atoms. The number of piperidine rings is 1. The van der Waals surface area contributed by atoms with Crippen LogP contribution in [0.4, 0.5) is 0 Å². The number of imide groups is 1. The highest BCUT2D eigenvalue weighted by Crippen LogP contribution is 2.14. The number of carbonyl (C=O) groups excluding carboxylic acids is 2. The van der Waals surface area contributed by atoms with Gasteiger partial charge in [0.15, 0.2) is 0 Å². The molecule has 1 aromatic carbocycles. The molecule has 1 fully saturated rings. The van der Waals surface area contributed by atoms with E-state index in [0.717, 1.165) is 0 Å². The summed E-state index contributed by atoms with van der Waals surface area (Å²) < 4.78 is 5.51. The Morgan fingerprint density at radius 1 is 1.15 bits per heavy atom. The summed E-state index contributed by atoms with van der Waals surface area (Å²) in [4.78, 5) is 24.5. The predicted octanol–water partition coefficient (Wildman–Crippen LogP) is 1.87. The van der Waals surface area contributed by atoms with Gasteiger partial charge in [-0.3, -0.25) is 14.5 Å². The van der Waals surface area contributed by atoms with Crippen LogP contribution in [0.3, 0.4) is 0 Å². The van der Waals surface area contributed by atoms with E-state index < -0.39 is 0 Å². The van der Waals surface area contributed by atoms with E-state index in [1.807, 2.05) is 6.07 Å². The van der Waals surface area contributed by atoms with Crippen molar-refractivity contribution < 1.29 is 14.3 Å². The highest BCUT2D eigenvalue weighted by atomic mass is 16.5. The van der Waals surface area contributed by atoms with Gasteiger partial charge in [0.2, 0.25) is 11.8 Å². The lowest BCUT2D eigenvalue weighted by atomic mass is 10.1. The second-order valence-electron chi connectivity index (χ2n) is 4.63. The molecule has 0 saturated carbocycles. The maximum atomic E-state index is 11.6. The molecule has 1 aromatic rings. The molecule has 0 atom stereocenters. The lowest BCUT2D eigenvalue weighted by molar-refractivity contribution is -0.148. The second kappa shape index (κ2) is 6.71. The fourth-order valence-corrected chi connectivity index (χ4v) is 2.09. The van der Waals surface area contributed by atoms with Crippen LogP contribution in [-0.4, -0.2) is 29.9 Å². The summed E-state index contributed by atoms with van der Waals surface area (Å²) in [5.74, 6) is 0.513. The summed E-state index contributed by atoms with van der Waals surface area (Å²) in [6, 6.07) is 8.88. The van der Waals surface area contributed by atoms with Crippen LogP contribution in [0, 0.1) is 11.3 Å². The Kier molecular flexibility index (Phi) is 4.72. The molecule has 5 heteroatoms. The van der Waals surface area contributed by atoms with Crippen molar-refractivity contribution in [2.24, 2.45) is 0 Å². The minimum atomic E-state index is -0.0837. The average molecular weight is 272 g/mol. The van der Waals surface area contributed by atoms with Gasteiger partial charge in [-0.05, 0) is 37.1 Å². The van der Waals surface area contributed by atoms with Gasteiger partial charge in [0, 0.05) is 19.4 Å². The molecule has 1 aliphatic heterocycles. The van der Waals surface area contributed by atoms with Crippen LogP contribution in [0.15, 0.2) is 24.3 Å². The zero-order valence-corrected chi connectivity index (χ0v) is 11.2. The van der Waals surface area contributed by atoms with Crippen molar-refractivity contribution in [3.63, 3.8) is 0 Å². The summed E-state index contributed by atoms with van der Waals surface area (Å²) in [5.41, 5.74) is 0.585. The number of ether oxygens (including phenoxy) is 1. The maximum Gasteiger partial charge on any atom is 0.229 e. The molecule has 0 aliphatic carbocycles. The quantitative estimate of drug-likeness (QED) is 0.606. The highest BCUT2D eigenvalue weighted by Gasteiger charge is 2.24. The molecule has 0 N–H and O–H groups in total. The maximum absolute atomic E-state index is 11.6. The van der Waals surface area contributed by atoms with E-state index in [1.54, 1.807) is 24.3 Å². The van der Waals surface area contributed by atoms with Crippen molar-refractivity contribution >= 4 is 11.8 Å². The molecular weight excluding hydrogens is 256 g/mol. The number of hydrogen-bond acceptors (Lipinski definition) is 4. The summed E-state index contributed by atoms with van der Waals surface area (Å²) in [7, 11) is 0. The third kappa shape index (κ3) is 3.58. The fraction of sp³-hybridized carbons (Fsp3) is 0.400. The number of likely N-dealkylation sites (tertiary alicyclic amines) is 1. The molecule has 0 unspecified atom stereocenters. The zero-order chi connectivity index (χ0) is 14.4. The van der Waals surface area contributed by atoms with Crippen LogP contribution < -0.4 is 4.74 Å². The van der Waals surface area contributed by atoms with Gasteiger partial charge in [-0.2, -0.15) is 5.26 Å². The number of rotatable bonds is 5. The van der Waals surface area contributed by atoms with Crippen molar-refractivity contribution in [3.05, 3.63) is 29.8 Å². The number of amides is 2. The van der Waals surface area contributed by atoms with Gasteiger partial charge in [0.05, 0.1) is 18.2 Å². The SMILES string of the molecule is N#Cc1ccc(OCCCN2C(=O)CCCC2=O)cc1. The Hall–Kier alpha value is -2.35. The third-order valence-corrected chi connectivity index (χ3v) is 3.16. The van der Waals surface area contributed by atoms with E-state index in [1.165, 1.54) is 4.90 Å². The first kappa shape index (κ1) is 14.1. The lowest BCUT2D eigenvalue weighted by Gasteiger charge is -2.24. The van der Waals surface area contributed by atoms with Crippen molar-refractivity contribution in [2.75, 3.05) is 13.2 Å². The molecule has 1 heterocycles. The van der Waals surface area contributed by atoms with E-state index in [-0.39, 0.29) is 11.8 Å². The summed E-state index contributed by atoms with van der Waals surface area (Å²) in [5, 5.41) is 8.68. The van der Waals surface area contributed by atoms with Crippen LogP contribution in [-0.2, 0) is 9.59 Å². The molecule has 2 rings (SSSR count). The minimum Gasteiger partial charge on any atom is -0.494 e. The first-order valence-corrected chi connectivity index (χ1v) is 6.67. The molecular formula is C15H16N2O3. The van der Waals surface area contributed by atoms with Crippen LogP contribution >= 0.6 is 0 Å². The number of benzene rings is 1. The van der Waals surface area contributed by atoms with Gasteiger partial charge in [0.1, 0.15) is 5.75 Å². The third-order valence-electron chi connectivity index (χ3n) is 3.16. The molecule has 1 aliphatic rings. The van der Waals surface area contributed by atoms with Crippen molar-refractivity contribution in [2.45, 2.75) is 25.7 Å². The van der Waals surface area contributed by atoms with E-state index >= 15 is 0 Å². The van der Waals surface area contributed by atoms with Crippen molar-refractivity contribution in [3.8, 4) is 11.8 Å². The monoisotopic (exact) mass is 272 g/mol. The van der Waals surface area contributed by atoms with E-state index in [0.29, 0.717) is 50.1 Å². The molecule has 104 valence electrons. The van der Waals surface area contributed by atoms with Gasteiger partial charge >= 0.3 is 0 Å². The van der Waals surface area contributed by atoms with Gasteiger partial charge in [-0.25, -0.2) is 0 Å². The number of nitrogens with zero attached hydrogens (tertiary/aromatic N) is 2. The highest BCUT2D eigenvalue weighted by molar-refractivity contribution is 5.97. The molecule has 0 spiro atoms. The Morgan fingerprint density at radius 2 is 1.80 bits per heavy atom. The van der Waals surface area contributed by atoms with Crippen LogP contribution in [0.2, 0.25) is 0 Å². The first-order valence-electron chi connectivity index (χ1n) is 6.67. The number of hydrogen-bond donors (Lipinski definition) is 0. The molecule has 5 nitrogen and oxygen atoms in total. The Balaban J connectivity index is 1.74. The summed E-state index contributed by atoms with van der Waals surface area (Å²) >= 11 is 0. The molecule has 2 amide bonds. The van der Waals surface area contributed by atoms with E-state index in [4.69, 9.17) is 10.00 Å². The number of nitriles is 1. The smallest absolute Gasteiger partial charge is 0.229 e. The van der Waals surface area contributed by atoms with Gasteiger partial charge < -0.3 is 4.74 Å². The van der Waals surface area contributed by atoms with Crippen LogP contribution in [0.25, 0.3) is 0 Å². The summed E-state index contributed by atoms with van der Waals surface area (Å²) in [6.45, 7) is 0.844. The molecule has 1 saturated heterocycles. The molecule has 0 radical (unpaired) electrons. The fourth-order valence-electron chi connectivity index (χ4n) is 2.09. The van der Waals surface area contributed by atoms with Crippen molar-refractivity contribution in [1.82, 2.24) is 4.90 Å². The molecule has 0 aromatic heterocycles. The Morgan fingerprint density at radius 3 is 2.40 bits per heavy atom. The van der Waals surface area contributed by atoms with Crippen LogP contribution in [0.1, 0.15) is 31.2 Å². The van der Waals surface area contributed by atoms with E-state index in [9.17, 15) is 9.59 Å². The predicted molar refractivity (Wildman–Crippen MR) is 71.8 cm³/mol. The zero-order valence-electron chi connectivity index (χ0n) is 11.2. The van der Waals surface area contributed by atoms with Gasteiger partial charge in [-0.1, -0.05) is 0 Å². The number of carbonyl (C=O) groups is 2. The largest absolute Gasteiger partial charge is 0.494 e. The average Bonchev–Trinajstić information content (AvgIpc) is 2.46. The second-order valence-corrected chi connectivity index (χ2v) is 4.63. The first-order chi connectivity index (χ1) is 9.70. The van der Waals surface area contributed by atoms with Crippen molar-refractivity contribution in [1.29, 1.82) is 5.26 Å². The minimum absolute atomic E-state index is 0.0837. The topological polar surface area (TPSA) is 70.4 Å². The standard InChI is InChI=1S/C15H16N2O3/c16-11-12-5-7-13(8-6-12)20-10-2-9-17-14(18)3-1-4-15(17)19/h5-8H,1-4,9-10H2. The normalized spacial score (nSPS) is 15.1. The lowest BCUT2D eigenvalue weighted by Crippen LogP contribution is -2.41. The van der Waals surface area contributed by atoms with Gasteiger partial charge in [0.25, 0.3) is 0 Å². The van der Waals surface area contributed by atoms with Gasteiger partial charge in [-0.15, -0.1) is 0 Å². The van der Waals surface area contributed by atoms with Crippen LogP contribution in [0.5, 0.6) is 5.75 Å². The van der Waals surface area contributed by atoms with E-state index in [2.05, 4.69) is 0 Å². The molecule has 0 bridgehead atoms. The Labute approximate surface area is 117 Å². The Bertz CT molecular complexity index is 515.